The number of nitrogens with zero attached hydrogens (tertiary/aromatic N) is 2. The number of hydrogen-bond acceptors (Lipinski definition) is 3. The maximum absolute atomic E-state index is 13.4. The molecule has 0 saturated heterocycles. The molecule has 3 aromatic carbocycles. The van der Waals surface area contributed by atoms with E-state index in [9.17, 15) is 9.90 Å². The molecule has 0 aliphatic rings. The van der Waals surface area contributed by atoms with E-state index in [-0.39, 0.29) is 11.3 Å². The molecule has 0 aliphatic carbocycles. The molecule has 0 aliphatic heterocycles. The first kappa shape index (κ1) is 18.9. The molecule has 1 N–H and O–H groups in total. The SMILES string of the molecule is CCC(C)c1ccc(-n2c(-c3ccc(O)c(C)c3)nc3ccccc3c2=O)cc1. The van der Waals surface area contributed by atoms with Crippen molar-refractivity contribution in [3.05, 3.63) is 88.2 Å². The molecule has 1 unspecified atom stereocenters. The zero-order valence-corrected chi connectivity index (χ0v) is 16.9. The second kappa shape index (κ2) is 7.55. The van der Waals surface area contributed by atoms with Gasteiger partial charge in [-0.25, -0.2) is 4.98 Å². The Kier molecular flexibility index (Phi) is 4.93. The lowest BCUT2D eigenvalue weighted by molar-refractivity contribution is 0.471. The van der Waals surface area contributed by atoms with Gasteiger partial charge in [0.1, 0.15) is 11.6 Å². The molecule has 4 heteroatoms. The number of aromatic nitrogens is 2. The van der Waals surface area contributed by atoms with E-state index in [0.29, 0.717) is 22.6 Å². The van der Waals surface area contributed by atoms with Crippen LogP contribution in [0, 0.1) is 6.92 Å². The average Bonchev–Trinajstić information content (AvgIpc) is 2.75. The van der Waals surface area contributed by atoms with E-state index < -0.39 is 0 Å². The Hall–Kier alpha value is -3.40. The van der Waals surface area contributed by atoms with Gasteiger partial charge < -0.3 is 5.11 Å². The average molecular weight is 384 g/mol. The third-order valence-corrected chi connectivity index (χ3v) is 5.56. The monoisotopic (exact) mass is 384 g/mol. The number of hydrogen-bond donors (Lipinski definition) is 1. The highest BCUT2D eigenvalue weighted by Crippen LogP contribution is 2.27. The number of para-hydroxylation sites is 1. The number of phenolic OH excluding ortho intramolecular Hbond substituents is 1. The zero-order valence-electron chi connectivity index (χ0n) is 16.9. The molecule has 0 radical (unpaired) electrons. The fourth-order valence-electron chi connectivity index (χ4n) is 3.55. The van der Waals surface area contributed by atoms with Gasteiger partial charge in [0.05, 0.1) is 16.6 Å². The highest BCUT2D eigenvalue weighted by Gasteiger charge is 2.15. The Labute approximate surface area is 170 Å². The minimum absolute atomic E-state index is 0.104. The molecule has 0 fully saturated rings. The van der Waals surface area contributed by atoms with E-state index in [2.05, 4.69) is 26.0 Å². The lowest BCUT2D eigenvalue weighted by atomic mass is 9.98. The molecule has 1 atom stereocenters. The molecule has 4 aromatic rings. The largest absolute Gasteiger partial charge is 0.508 e. The van der Waals surface area contributed by atoms with Crippen molar-refractivity contribution in [2.75, 3.05) is 0 Å². The molecule has 146 valence electrons. The molecule has 1 aromatic heterocycles. The van der Waals surface area contributed by atoms with Gasteiger partial charge in [-0.05, 0) is 72.9 Å². The normalized spacial score (nSPS) is 12.2. The van der Waals surface area contributed by atoms with E-state index in [1.807, 2.05) is 43.3 Å². The van der Waals surface area contributed by atoms with Crippen LogP contribution >= 0.6 is 0 Å². The summed E-state index contributed by atoms with van der Waals surface area (Å²) in [6.45, 7) is 6.20. The summed E-state index contributed by atoms with van der Waals surface area (Å²) >= 11 is 0. The van der Waals surface area contributed by atoms with Gasteiger partial charge >= 0.3 is 0 Å². The maximum atomic E-state index is 13.4. The van der Waals surface area contributed by atoms with Crippen molar-refractivity contribution < 1.29 is 5.11 Å². The summed E-state index contributed by atoms with van der Waals surface area (Å²) in [5.74, 6) is 1.25. The number of aryl methyl sites for hydroxylation is 1. The van der Waals surface area contributed by atoms with Gasteiger partial charge in [0.15, 0.2) is 0 Å². The van der Waals surface area contributed by atoms with Crippen LogP contribution in [0.25, 0.3) is 28.0 Å². The van der Waals surface area contributed by atoms with Crippen LogP contribution in [0.1, 0.15) is 37.3 Å². The number of fused-ring (bicyclic) bond motifs is 1. The Bertz CT molecular complexity index is 1240. The van der Waals surface area contributed by atoms with E-state index in [4.69, 9.17) is 4.98 Å². The summed E-state index contributed by atoms with van der Waals surface area (Å²) in [6.07, 6.45) is 1.06. The molecule has 4 rings (SSSR count). The lowest BCUT2D eigenvalue weighted by Gasteiger charge is -2.16. The van der Waals surface area contributed by atoms with E-state index in [1.165, 1.54) is 5.56 Å². The number of rotatable bonds is 4. The summed E-state index contributed by atoms with van der Waals surface area (Å²) in [5, 5.41) is 10.5. The molecular weight excluding hydrogens is 360 g/mol. The van der Waals surface area contributed by atoms with Crippen LogP contribution in [-0.4, -0.2) is 14.7 Å². The van der Waals surface area contributed by atoms with Gasteiger partial charge in [-0.3, -0.25) is 9.36 Å². The van der Waals surface area contributed by atoms with Crippen molar-refractivity contribution in [3.8, 4) is 22.8 Å². The second-order valence-corrected chi connectivity index (χ2v) is 7.50. The minimum Gasteiger partial charge on any atom is -0.508 e. The molecule has 0 saturated carbocycles. The van der Waals surface area contributed by atoms with E-state index in [1.54, 1.807) is 22.8 Å². The van der Waals surface area contributed by atoms with Crippen molar-refractivity contribution in [1.82, 2.24) is 9.55 Å². The predicted octanol–water partition coefficient (Wildman–Crippen LogP) is 5.58. The van der Waals surface area contributed by atoms with Gasteiger partial charge in [0.2, 0.25) is 0 Å². The molecule has 4 nitrogen and oxygen atoms in total. The maximum Gasteiger partial charge on any atom is 0.266 e. The van der Waals surface area contributed by atoms with Crippen molar-refractivity contribution in [3.63, 3.8) is 0 Å². The van der Waals surface area contributed by atoms with Crippen LogP contribution in [0.15, 0.2) is 71.5 Å². The van der Waals surface area contributed by atoms with Gasteiger partial charge in [-0.2, -0.15) is 0 Å². The van der Waals surface area contributed by atoms with Crippen LogP contribution in [0.3, 0.4) is 0 Å². The minimum atomic E-state index is -0.104. The van der Waals surface area contributed by atoms with Crippen LogP contribution < -0.4 is 5.56 Å². The third-order valence-electron chi connectivity index (χ3n) is 5.56. The first-order chi connectivity index (χ1) is 14.0. The van der Waals surface area contributed by atoms with Gasteiger partial charge in [0, 0.05) is 5.56 Å². The predicted molar refractivity (Wildman–Crippen MR) is 118 cm³/mol. The molecular formula is C25H24N2O2. The third kappa shape index (κ3) is 3.42. The Morgan fingerprint density at radius 1 is 1.03 bits per heavy atom. The second-order valence-electron chi connectivity index (χ2n) is 7.50. The fourth-order valence-corrected chi connectivity index (χ4v) is 3.55. The zero-order chi connectivity index (χ0) is 20.5. The van der Waals surface area contributed by atoms with Crippen molar-refractivity contribution in [2.45, 2.75) is 33.1 Å². The van der Waals surface area contributed by atoms with Crippen molar-refractivity contribution in [2.24, 2.45) is 0 Å². The highest BCUT2D eigenvalue weighted by molar-refractivity contribution is 5.80. The molecule has 29 heavy (non-hydrogen) atoms. The van der Waals surface area contributed by atoms with Crippen LogP contribution in [0.5, 0.6) is 5.75 Å². The standard InChI is InChI=1S/C25H24N2O2/c1-4-16(2)18-9-12-20(13-10-18)27-24(19-11-14-23(28)17(3)15-19)26-22-8-6-5-7-21(22)25(27)29/h5-16,28H,4H2,1-3H3. The Balaban J connectivity index is 1.99. The molecule has 0 spiro atoms. The molecule has 0 bridgehead atoms. The van der Waals surface area contributed by atoms with Gasteiger partial charge in [-0.15, -0.1) is 0 Å². The lowest BCUT2D eigenvalue weighted by Crippen LogP contribution is -2.22. The van der Waals surface area contributed by atoms with Crippen LogP contribution in [0.2, 0.25) is 0 Å². The molecule has 1 heterocycles. The first-order valence-corrected chi connectivity index (χ1v) is 9.91. The summed E-state index contributed by atoms with van der Waals surface area (Å²) in [5.41, 5.74) is 4.11. The highest BCUT2D eigenvalue weighted by atomic mass is 16.3. The number of phenols is 1. The summed E-state index contributed by atoms with van der Waals surface area (Å²) in [7, 11) is 0. The fraction of sp³-hybridized carbons (Fsp3) is 0.200. The number of aromatic hydroxyl groups is 1. The van der Waals surface area contributed by atoms with Gasteiger partial charge in [0.25, 0.3) is 5.56 Å². The van der Waals surface area contributed by atoms with E-state index in [0.717, 1.165) is 23.2 Å². The smallest absolute Gasteiger partial charge is 0.266 e. The van der Waals surface area contributed by atoms with Gasteiger partial charge in [-0.1, -0.05) is 38.1 Å². The Morgan fingerprint density at radius 2 is 1.76 bits per heavy atom. The Morgan fingerprint density at radius 3 is 2.45 bits per heavy atom. The van der Waals surface area contributed by atoms with Crippen molar-refractivity contribution in [1.29, 1.82) is 0 Å². The quantitative estimate of drug-likeness (QED) is 0.500. The van der Waals surface area contributed by atoms with Crippen LogP contribution in [-0.2, 0) is 0 Å². The van der Waals surface area contributed by atoms with Crippen molar-refractivity contribution >= 4 is 10.9 Å². The molecule has 0 amide bonds. The summed E-state index contributed by atoms with van der Waals surface area (Å²) in [6, 6.07) is 20.8. The summed E-state index contributed by atoms with van der Waals surface area (Å²) in [4.78, 5) is 18.2. The first-order valence-electron chi connectivity index (χ1n) is 9.91. The van der Waals surface area contributed by atoms with Crippen LogP contribution in [0.4, 0.5) is 0 Å². The van der Waals surface area contributed by atoms with E-state index >= 15 is 0 Å². The summed E-state index contributed by atoms with van der Waals surface area (Å²) < 4.78 is 1.66. The number of benzene rings is 3. The topological polar surface area (TPSA) is 55.1 Å².